The molecule has 3 amide bonds. The van der Waals surface area contributed by atoms with Gasteiger partial charge in [-0.25, -0.2) is 4.79 Å². The van der Waals surface area contributed by atoms with E-state index < -0.39 is 24.1 Å². The van der Waals surface area contributed by atoms with Crippen molar-refractivity contribution in [2.75, 3.05) is 7.11 Å². The van der Waals surface area contributed by atoms with Crippen molar-refractivity contribution in [1.29, 1.82) is 0 Å². The molecule has 0 radical (unpaired) electrons. The quantitative estimate of drug-likeness (QED) is 0.669. The Labute approximate surface area is 168 Å². The van der Waals surface area contributed by atoms with Crippen LogP contribution in [0, 0.1) is 0 Å². The molecule has 1 saturated heterocycles. The van der Waals surface area contributed by atoms with E-state index in [1.54, 1.807) is 25.1 Å². The van der Waals surface area contributed by atoms with Gasteiger partial charge in [0.05, 0.1) is 13.7 Å². The lowest BCUT2D eigenvalue weighted by molar-refractivity contribution is -0.131. The van der Waals surface area contributed by atoms with Crippen molar-refractivity contribution < 1.29 is 27.8 Å². The molecule has 0 aromatic heterocycles. The molecule has 1 heterocycles. The fraction of sp³-hybridized carbons (Fsp3) is 0.263. The van der Waals surface area contributed by atoms with Crippen molar-refractivity contribution in [3.05, 3.63) is 58.1 Å². The van der Waals surface area contributed by atoms with E-state index in [0.717, 1.165) is 9.37 Å². The first-order chi connectivity index (χ1) is 13.2. The fourth-order valence-corrected chi connectivity index (χ4v) is 3.42. The van der Waals surface area contributed by atoms with Gasteiger partial charge >= 0.3 is 12.6 Å². The van der Waals surface area contributed by atoms with Crippen LogP contribution in [0.25, 0.3) is 0 Å². The Balaban J connectivity index is 1.85. The van der Waals surface area contributed by atoms with E-state index in [9.17, 15) is 18.4 Å². The second-order valence-corrected chi connectivity index (χ2v) is 7.24. The van der Waals surface area contributed by atoms with Crippen LogP contribution in [-0.4, -0.2) is 30.6 Å². The number of hydrogen-bond donors (Lipinski definition) is 1. The zero-order valence-corrected chi connectivity index (χ0v) is 16.6. The lowest BCUT2D eigenvalue weighted by atomic mass is 9.92. The Hall–Kier alpha value is -2.68. The summed E-state index contributed by atoms with van der Waals surface area (Å²) < 4.78 is 35.1. The van der Waals surface area contributed by atoms with Crippen molar-refractivity contribution in [3.63, 3.8) is 0 Å². The zero-order valence-electron chi connectivity index (χ0n) is 15.0. The highest BCUT2D eigenvalue weighted by Crippen LogP contribution is 2.33. The summed E-state index contributed by atoms with van der Waals surface area (Å²) in [4.78, 5) is 26.5. The summed E-state index contributed by atoms with van der Waals surface area (Å²) in [6, 6.07) is 10.8. The smallest absolute Gasteiger partial charge is 0.387 e. The van der Waals surface area contributed by atoms with Crippen molar-refractivity contribution in [1.82, 2.24) is 10.2 Å². The highest BCUT2D eigenvalue weighted by atomic mass is 79.9. The van der Waals surface area contributed by atoms with Gasteiger partial charge in [-0.2, -0.15) is 8.78 Å². The molecule has 0 unspecified atom stereocenters. The number of alkyl halides is 2. The first kappa shape index (κ1) is 20.1. The van der Waals surface area contributed by atoms with E-state index in [-0.39, 0.29) is 18.0 Å². The first-order valence-corrected chi connectivity index (χ1v) is 9.06. The Kier molecular flexibility index (Phi) is 5.55. The van der Waals surface area contributed by atoms with Gasteiger partial charge in [0.15, 0.2) is 11.5 Å². The summed E-state index contributed by atoms with van der Waals surface area (Å²) in [5.41, 5.74) is -0.0367. The highest BCUT2D eigenvalue weighted by Gasteiger charge is 2.48. The number of nitrogens with one attached hydrogen (secondary N) is 1. The van der Waals surface area contributed by atoms with Crippen LogP contribution in [-0.2, 0) is 16.9 Å². The molecule has 2 aromatic carbocycles. The van der Waals surface area contributed by atoms with Crippen LogP contribution < -0.4 is 14.8 Å². The number of ether oxygens (including phenoxy) is 2. The van der Waals surface area contributed by atoms with Gasteiger partial charge in [-0.1, -0.05) is 34.1 Å². The van der Waals surface area contributed by atoms with Crippen LogP contribution in [0.15, 0.2) is 46.9 Å². The number of urea groups is 1. The van der Waals surface area contributed by atoms with Gasteiger partial charge in [-0.3, -0.25) is 9.69 Å². The number of halogens is 3. The maximum absolute atomic E-state index is 13.0. The average Bonchev–Trinajstić information content (AvgIpc) is 2.86. The van der Waals surface area contributed by atoms with Gasteiger partial charge in [0.2, 0.25) is 0 Å². The number of nitrogens with zero attached hydrogens (tertiary/aromatic N) is 1. The number of methoxy groups -OCH3 is 1. The van der Waals surface area contributed by atoms with Crippen LogP contribution in [0.1, 0.15) is 18.1 Å². The molecular formula is C19H17BrF2N2O4. The van der Waals surface area contributed by atoms with Crippen LogP contribution in [0.2, 0.25) is 0 Å². The monoisotopic (exact) mass is 454 g/mol. The second-order valence-electron chi connectivity index (χ2n) is 6.32. The van der Waals surface area contributed by atoms with Crippen LogP contribution >= 0.6 is 15.9 Å². The number of carbonyl (C=O) groups excluding carboxylic acids is 2. The second kappa shape index (κ2) is 7.75. The maximum Gasteiger partial charge on any atom is 0.387 e. The molecule has 9 heteroatoms. The van der Waals surface area contributed by atoms with Crippen molar-refractivity contribution in [2.24, 2.45) is 0 Å². The summed E-state index contributed by atoms with van der Waals surface area (Å²) in [5, 5.41) is 2.72. The molecule has 1 N–H and O–H groups in total. The van der Waals surface area contributed by atoms with Crippen LogP contribution in [0.4, 0.5) is 13.6 Å². The normalized spacial score (nSPS) is 19.1. The maximum atomic E-state index is 13.0. The van der Waals surface area contributed by atoms with Gasteiger partial charge in [0, 0.05) is 4.47 Å². The lowest BCUT2D eigenvalue weighted by Crippen LogP contribution is -2.40. The van der Waals surface area contributed by atoms with Crippen molar-refractivity contribution in [3.8, 4) is 11.5 Å². The number of rotatable bonds is 6. The molecule has 148 valence electrons. The van der Waals surface area contributed by atoms with Crippen LogP contribution in [0.3, 0.4) is 0 Å². The highest BCUT2D eigenvalue weighted by molar-refractivity contribution is 9.10. The minimum atomic E-state index is -2.99. The average molecular weight is 455 g/mol. The molecule has 0 aliphatic carbocycles. The molecule has 0 bridgehead atoms. The summed E-state index contributed by atoms with van der Waals surface area (Å²) >= 11 is 3.36. The SMILES string of the molecule is COc1cc(CN2C(=O)N[C@@](C)(c3cccc(Br)c3)C2=O)ccc1OC(F)F. The van der Waals surface area contributed by atoms with Crippen molar-refractivity contribution >= 4 is 27.9 Å². The molecule has 1 aliphatic heterocycles. The Bertz CT molecular complexity index is 925. The van der Waals surface area contributed by atoms with E-state index >= 15 is 0 Å². The molecular weight excluding hydrogens is 438 g/mol. The largest absolute Gasteiger partial charge is 0.493 e. The van der Waals surface area contributed by atoms with Gasteiger partial charge in [-0.05, 0) is 42.3 Å². The zero-order chi connectivity index (χ0) is 20.5. The Morgan fingerprint density at radius 1 is 1.18 bits per heavy atom. The molecule has 1 fully saturated rings. The van der Waals surface area contributed by atoms with E-state index in [4.69, 9.17) is 4.74 Å². The number of amides is 3. The topological polar surface area (TPSA) is 67.9 Å². The van der Waals surface area contributed by atoms with Gasteiger partial charge in [0.1, 0.15) is 5.54 Å². The number of carbonyl (C=O) groups is 2. The van der Waals surface area contributed by atoms with Gasteiger partial charge in [-0.15, -0.1) is 0 Å². The predicted molar refractivity (Wildman–Crippen MR) is 100 cm³/mol. The number of benzene rings is 2. The molecule has 2 aromatic rings. The van der Waals surface area contributed by atoms with Crippen molar-refractivity contribution in [2.45, 2.75) is 25.6 Å². The summed E-state index contributed by atoms with van der Waals surface area (Å²) in [7, 11) is 1.31. The molecule has 1 aliphatic rings. The van der Waals surface area contributed by atoms with Crippen LogP contribution in [0.5, 0.6) is 11.5 Å². The third-order valence-electron chi connectivity index (χ3n) is 4.46. The fourth-order valence-electron chi connectivity index (χ4n) is 3.02. The minimum Gasteiger partial charge on any atom is -0.493 e. The van der Waals surface area contributed by atoms with Gasteiger partial charge in [0.25, 0.3) is 5.91 Å². The standard InChI is InChI=1S/C19H17BrF2N2O4/c1-19(12-4-3-5-13(20)9-12)16(25)24(18(26)23-19)10-11-6-7-14(28-17(21)22)15(8-11)27-2/h3-9,17H,10H2,1-2H3,(H,23,26)/t19-/m0/s1. The molecule has 0 saturated carbocycles. The summed E-state index contributed by atoms with van der Waals surface area (Å²) in [6.45, 7) is -1.40. The first-order valence-electron chi connectivity index (χ1n) is 8.26. The minimum absolute atomic E-state index is 0.0421. The van der Waals surface area contributed by atoms with E-state index in [1.807, 2.05) is 6.07 Å². The predicted octanol–water partition coefficient (Wildman–Crippen LogP) is 4.03. The summed E-state index contributed by atoms with van der Waals surface area (Å²) in [5.74, 6) is -0.459. The van der Waals surface area contributed by atoms with Gasteiger partial charge < -0.3 is 14.8 Å². The molecule has 0 spiro atoms. The van der Waals surface area contributed by atoms with E-state index in [2.05, 4.69) is 26.0 Å². The van der Waals surface area contributed by atoms with E-state index in [0.29, 0.717) is 11.1 Å². The Morgan fingerprint density at radius 3 is 2.57 bits per heavy atom. The molecule has 1 atom stereocenters. The Morgan fingerprint density at radius 2 is 1.93 bits per heavy atom. The number of hydrogen-bond acceptors (Lipinski definition) is 4. The number of imide groups is 1. The lowest BCUT2D eigenvalue weighted by Gasteiger charge is -2.22. The molecule has 3 rings (SSSR count). The third-order valence-corrected chi connectivity index (χ3v) is 4.95. The molecule has 28 heavy (non-hydrogen) atoms. The third kappa shape index (κ3) is 3.80. The van der Waals surface area contributed by atoms with E-state index in [1.165, 1.54) is 25.3 Å². The molecule has 6 nitrogen and oxygen atoms in total. The summed E-state index contributed by atoms with van der Waals surface area (Å²) in [6.07, 6.45) is 0.